The van der Waals surface area contributed by atoms with E-state index in [-0.39, 0.29) is 6.61 Å². The van der Waals surface area contributed by atoms with Gasteiger partial charge in [-0.3, -0.25) is 4.89 Å². The van der Waals surface area contributed by atoms with E-state index in [1.807, 2.05) is 0 Å². The molecule has 0 aliphatic heterocycles. The smallest absolute Gasteiger partial charge is 0.433 e. The molecular weight excluding hydrogens is 100 g/mol. The fourth-order valence-corrected chi connectivity index (χ4v) is 0.144. The average Bonchev–Trinajstić information content (AvgIpc) is 1.68. The lowest BCUT2D eigenvalue weighted by atomic mass is 10.9. The molecule has 4 nitrogen and oxygen atoms in total. The Hall–Kier alpha value is -0.770. The van der Waals surface area contributed by atoms with Crippen molar-refractivity contribution in [3.8, 4) is 0 Å². The predicted octanol–water partition coefficient (Wildman–Crippen LogP) is 0.633. The lowest BCUT2D eigenvalue weighted by molar-refractivity contribution is -0.200. The molecule has 0 bridgehead atoms. The monoisotopic (exact) mass is 106 g/mol. The number of carbonyl (C=O) groups is 1. The van der Waals surface area contributed by atoms with Gasteiger partial charge in [0.25, 0.3) is 0 Å². The Morgan fingerprint density at radius 1 is 1.86 bits per heavy atom. The van der Waals surface area contributed by atoms with Gasteiger partial charge in [-0.25, -0.2) is 4.79 Å². The Kier molecular flexibility index (Phi) is 3.04. The van der Waals surface area contributed by atoms with Crippen LogP contribution in [0.25, 0.3) is 0 Å². The first-order chi connectivity index (χ1) is 3.31. The number of ether oxygens (including phenoxy) is 1. The molecule has 0 saturated heterocycles. The van der Waals surface area contributed by atoms with Crippen LogP contribution in [0.4, 0.5) is 4.79 Å². The highest BCUT2D eigenvalue weighted by Crippen LogP contribution is 1.77. The molecule has 0 aliphatic carbocycles. The molecule has 7 heavy (non-hydrogen) atoms. The summed E-state index contributed by atoms with van der Waals surface area (Å²) in [5.74, 6) is 0. The highest BCUT2D eigenvalue weighted by Gasteiger charge is 1.95. The highest BCUT2D eigenvalue weighted by molar-refractivity contribution is 5.58. The van der Waals surface area contributed by atoms with Gasteiger partial charge < -0.3 is 4.74 Å². The second kappa shape index (κ2) is 3.42. The predicted molar refractivity (Wildman–Crippen MR) is 20.7 cm³/mol. The van der Waals surface area contributed by atoms with Crippen molar-refractivity contribution in [2.45, 2.75) is 6.92 Å². The Morgan fingerprint density at radius 2 is 2.43 bits per heavy atom. The molecule has 0 aliphatic rings. The van der Waals surface area contributed by atoms with E-state index in [9.17, 15) is 4.79 Å². The second-order valence-electron chi connectivity index (χ2n) is 0.774. The molecule has 0 rings (SSSR count). The fourth-order valence-electron chi connectivity index (χ4n) is 0.144. The summed E-state index contributed by atoms with van der Waals surface area (Å²) in [5.41, 5.74) is 0. The molecule has 0 fully saturated rings. The third-order valence-electron chi connectivity index (χ3n) is 0.337. The van der Waals surface area contributed by atoms with Gasteiger partial charge in [0.2, 0.25) is 0 Å². The minimum absolute atomic E-state index is 0.208. The molecule has 0 heterocycles. The van der Waals surface area contributed by atoms with Crippen LogP contribution in [0.1, 0.15) is 6.92 Å². The van der Waals surface area contributed by atoms with Gasteiger partial charge in [0, 0.05) is 0 Å². The van der Waals surface area contributed by atoms with E-state index >= 15 is 0 Å². The molecule has 0 radical (unpaired) electrons. The first-order valence-electron chi connectivity index (χ1n) is 1.79. The van der Waals surface area contributed by atoms with Gasteiger partial charge in [0.05, 0.1) is 6.61 Å². The van der Waals surface area contributed by atoms with Crippen molar-refractivity contribution in [1.82, 2.24) is 0 Å². The fraction of sp³-hybridized carbons (Fsp3) is 0.667. The van der Waals surface area contributed by atoms with Crippen LogP contribution in [0, 0.1) is 0 Å². The molecule has 0 atom stereocenters. The number of hydrogen-bond donors (Lipinski definition) is 1. The van der Waals surface area contributed by atoms with E-state index in [4.69, 9.17) is 5.26 Å². The van der Waals surface area contributed by atoms with E-state index in [2.05, 4.69) is 9.62 Å². The van der Waals surface area contributed by atoms with Crippen molar-refractivity contribution in [1.29, 1.82) is 0 Å². The van der Waals surface area contributed by atoms with Crippen LogP contribution >= 0.6 is 0 Å². The van der Waals surface area contributed by atoms with Crippen molar-refractivity contribution in [3.63, 3.8) is 0 Å². The molecular formula is C3H6O4. The summed E-state index contributed by atoms with van der Waals surface area (Å²) in [4.78, 5) is 12.8. The third kappa shape index (κ3) is 3.05. The Labute approximate surface area is 40.6 Å². The standard InChI is InChI=1S/C3H6O4/c1-2-6-3(4)7-5/h5H,2H2,1H3. The molecule has 0 amide bonds. The van der Waals surface area contributed by atoms with E-state index in [0.29, 0.717) is 0 Å². The van der Waals surface area contributed by atoms with Gasteiger partial charge in [-0.1, -0.05) is 0 Å². The van der Waals surface area contributed by atoms with E-state index < -0.39 is 6.16 Å². The first-order valence-corrected chi connectivity index (χ1v) is 1.79. The van der Waals surface area contributed by atoms with Crippen LogP contribution in [0.5, 0.6) is 0 Å². The van der Waals surface area contributed by atoms with Crippen LogP contribution in [-0.4, -0.2) is 18.0 Å². The average molecular weight is 106 g/mol. The molecule has 0 aromatic heterocycles. The Bertz CT molecular complexity index is 60.0. The van der Waals surface area contributed by atoms with Crippen LogP contribution in [0.15, 0.2) is 0 Å². The van der Waals surface area contributed by atoms with Crippen LogP contribution < -0.4 is 0 Å². The Morgan fingerprint density at radius 3 is 2.57 bits per heavy atom. The van der Waals surface area contributed by atoms with Crippen molar-refractivity contribution >= 4 is 6.16 Å². The molecule has 1 N–H and O–H groups in total. The zero-order valence-electron chi connectivity index (χ0n) is 3.88. The largest absolute Gasteiger partial charge is 0.540 e. The second-order valence-corrected chi connectivity index (χ2v) is 0.774. The summed E-state index contributed by atoms with van der Waals surface area (Å²) in [5, 5.41) is 7.49. The van der Waals surface area contributed by atoms with Gasteiger partial charge in [-0.15, -0.1) is 0 Å². The van der Waals surface area contributed by atoms with Gasteiger partial charge in [-0.2, -0.15) is 5.26 Å². The maximum absolute atomic E-state index is 9.72. The van der Waals surface area contributed by atoms with Gasteiger partial charge in [0.15, 0.2) is 0 Å². The maximum Gasteiger partial charge on any atom is 0.540 e. The van der Waals surface area contributed by atoms with Crippen LogP contribution in [-0.2, 0) is 9.62 Å². The third-order valence-corrected chi connectivity index (χ3v) is 0.337. The Balaban J connectivity index is 3.00. The van der Waals surface area contributed by atoms with Crippen molar-refractivity contribution < 1.29 is 19.7 Å². The summed E-state index contributed by atoms with van der Waals surface area (Å²) in [6, 6.07) is 0. The summed E-state index contributed by atoms with van der Waals surface area (Å²) in [6.45, 7) is 1.82. The van der Waals surface area contributed by atoms with Gasteiger partial charge in [-0.05, 0) is 6.92 Å². The van der Waals surface area contributed by atoms with Crippen LogP contribution in [0.3, 0.4) is 0 Å². The van der Waals surface area contributed by atoms with Crippen LogP contribution in [0.2, 0.25) is 0 Å². The topological polar surface area (TPSA) is 55.8 Å². The minimum Gasteiger partial charge on any atom is -0.433 e. The molecule has 0 aromatic carbocycles. The first kappa shape index (κ1) is 6.23. The maximum atomic E-state index is 9.72. The summed E-state index contributed by atoms with van der Waals surface area (Å²) in [7, 11) is 0. The van der Waals surface area contributed by atoms with Crippen molar-refractivity contribution in [2.75, 3.05) is 6.61 Å². The molecule has 0 spiro atoms. The minimum atomic E-state index is -1.07. The molecule has 0 saturated carbocycles. The van der Waals surface area contributed by atoms with Gasteiger partial charge in [0.1, 0.15) is 0 Å². The summed E-state index contributed by atoms with van der Waals surface area (Å²) in [6.07, 6.45) is -1.07. The SMILES string of the molecule is CCOC(=O)OO. The van der Waals surface area contributed by atoms with Crippen molar-refractivity contribution in [3.05, 3.63) is 0 Å². The normalized spacial score (nSPS) is 7.71. The lowest BCUT2D eigenvalue weighted by Gasteiger charge is -1.92. The number of rotatable bonds is 1. The summed E-state index contributed by atoms with van der Waals surface area (Å²) >= 11 is 0. The van der Waals surface area contributed by atoms with Gasteiger partial charge >= 0.3 is 6.16 Å². The number of carbonyl (C=O) groups excluding carboxylic acids is 1. The van der Waals surface area contributed by atoms with E-state index in [1.165, 1.54) is 0 Å². The summed E-state index contributed by atoms with van der Waals surface area (Å²) < 4.78 is 4.08. The van der Waals surface area contributed by atoms with E-state index in [0.717, 1.165) is 0 Å². The molecule has 4 heteroatoms. The number of hydrogen-bond acceptors (Lipinski definition) is 4. The zero-order chi connectivity index (χ0) is 5.70. The quantitative estimate of drug-likeness (QED) is 0.302. The lowest BCUT2D eigenvalue weighted by Crippen LogP contribution is -2.02. The molecule has 0 unspecified atom stereocenters. The van der Waals surface area contributed by atoms with Crippen molar-refractivity contribution in [2.24, 2.45) is 0 Å². The molecule has 42 valence electrons. The van der Waals surface area contributed by atoms with E-state index in [1.54, 1.807) is 6.92 Å². The zero-order valence-corrected chi connectivity index (χ0v) is 3.88. The highest BCUT2D eigenvalue weighted by atomic mass is 17.1. The molecule has 0 aromatic rings.